The smallest absolute Gasteiger partial charge is 0.337 e. The standard InChI is InChI=1S/C12H15NO3/c1-16-9-4-5-10(12(14)15)11(8-9)13-6-2-3-7-13/h4-5,8H,2-3,6-7H2,1H3,(H,14,15). The first-order valence-electron chi connectivity index (χ1n) is 5.38. The Morgan fingerprint density at radius 3 is 2.62 bits per heavy atom. The zero-order chi connectivity index (χ0) is 11.5. The third-order valence-electron chi connectivity index (χ3n) is 2.88. The Kier molecular flexibility index (Phi) is 2.99. The first kappa shape index (κ1) is 10.8. The maximum atomic E-state index is 11.1. The Morgan fingerprint density at radius 1 is 1.38 bits per heavy atom. The van der Waals surface area contributed by atoms with Gasteiger partial charge in [-0.15, -0.1) is 0 Å². The van der Waals surface area contributed by atoms with Crippen molar-refractivity contribution in [1.29, 1.82) is 0 Å². The largest absolute Gasteiger partial charge is 0.497 e. The average molecular weight is 221 g/mol. The molecular formula is C12H15NO3. The molecule has 1 heterocycles. The van der Waals surface area contributed by atoms with Gasteiger partial charge in [-0.05, 0) is 25.0 Å². The second kappa shape index (κ2) is 4.43. The van der Waals surface area contributed by atoms with Gasteiger partial charge in [-0.25, -0.2) is 4.79 Å². The van der Waals surface area contributed by atoms with Crippen molar-refractivity contribution in [3.63, 3.8) is 0 Å². The van der Waals surface area contributed by atoms with Crippen LogP contribution in [0.1, 0.15) is 23.2 Å². The SMILES string of the molecule is COc1ccc(C(=O)O)c(N2CCCC2)c1. The number of carboxylic acids is 1. The topological polar surface area (TPSA) is 49.8 Å². The van der Waals surface area contributed by atoms with Crippen LogP contribution in [0.25, 0.3) is 0 Å². The van der Waals surface area contributed by atoms with Crippen LogP contribution in [0.5, 0.6) is 5.75 Å². The van der Waals surface area contributed by atoms with E-state index in [-0.39, 0.29) is 0 Å². The molecule has 1 aliphatic rings. The van der Waals surface area contributed by atoms with Gasteiger partial charge in [-0.1, -0.05) is 0 Å². The summed E-state index contributed by atoms with van der Waals surface area (Å²) in [5.41, 5.74) is 1.12. The van der Waals surface area contributed by atoms with Gasteiger partial charge >= 0.3 is 5.97 Å². The van der Waals surface area contributed by atoms with Crippen LogP contribution in [-0.4, -0.2) is 31.3 Å². The van der Waals surface area contributed by atoms with E-state index in [4.69, 9.17) is 9.84 Å². The molecular weight excluding hydrogens is 206 g/mol. The monoisotopic (exact) mass is 221 g/mol. The molecule has 4 nitrogen and oxygen atoms in total. The number of hydrogen-bond donors (Lipinski definition) is 1. The van der Waals surface area contributed by atoms with Crippen LogP contribution in [0, 0.1) is 0 Å². The van der Waals surface area contributed by atoms with Gasteiger partial charge < -0.3 is 14.7 Å². The van der Waals surface area contributed by atoms with Gasteiger partial charge in [0.05, 0.1) is 18.4 Å². The maximum absolute atomic E-state index is 11.1. The summed E-state index contributed by atoms with van der Waals surface area (Å²) in [5, 5.41) is 9.12. The number of hydrogen-bond acceptors (Lipinski definition) is 3. The van der Waals surface area contributed by atoms with E-state index in [1.54, 1.807) is 25.3 Å². The summed E-state index contributed by atoms with van der Waals surface area (Å²) in [6.45, 7) is 1.85. The van der Waals surface area contributed by atoms with Gasteiger partial charge in [-0.3, -0.25) is 0 Å². The Hall–Kier alpha value is -1.71. The fourth-order valence-corrected chi connectivity index (χ4v) is 2.04. The van der Waals surface area contributed by atoms with Gasteiger partial charge in [0.1, 0.15) is 5.75 Å². The van der Waals surface area contributed by atoms with E-state index >= 15 is 0 Å². The van der Waals surface area contributed by atoms with Crippen LogP contribution in [0.3, 0.4) is 0 Å². The molecule has 0 spiro atoms. The first-order chi connectivity index (χ1) is 7.72. The van der Waals surface area contributed by atoms with Gasteiger partial charge in [0.2, 0.25) is 0 Å². The Balaban J connectivity index is 2.40. The highest BCUT2D eigenvalue weighted by atomic mass is 16.5. The summed E-state index contributed by atoms with van der Waals surface area (Å²) in [6, 6.07) is 5.09. The third kappa shape index (κ3) is 1.96. The van der Waals surface area contributed by atoms with E-state index in [1.165, 1.54) is 0 Å². The minimum atomic E-state index is -0.885. The van der Waals surface area contributed by atoms with Gasteiger partial charge in [0.25, 0.3) is 0 Å². The van der Waals surface area contributed by atoms with Crippen LogP contribution >= 0.6 is 0 Å². The highest BCUT2D eigenvalue weighted by Gasteiger charge is 2.19. The number of benzene rings is 1. The van der Waals surface area contributed by atoms with Crippen LogP contribution < -0.4 is 9.64 Å². The normalized spacial score (nSPS) is 15.2. The van der Waals surface area contributed by atoms with Crippen molar-refractivity contribution in [1.82, 2.24) is 0 Å². The van der Waals surface area contributed by atoms with Crippen molar-refractivity contribution in [2.75, 3.05) is 25.1 Å². The molecule has 1 saturated heterocycles. The van der Waals surface area contributed by atoms with Crippen LogP contribution in [0.15, 0.2) is 18.2 Å². The molecule has 0 unspecified atom stereocenters. The highest BCUT2D eigenvalue weighted by Crippen LogP contribution is 2.28. The minimum Gasteiger partial charge on any atom is -0.497 e. The lowest BCUT2D eigenvalue weighted by Crippen LogP contribution is -2.20. The van der Waals surface area contributed by atoms with Crippen molar-refractivity contribution >= 4 is 11.7 Å². The summed E-state index contributed by atoms with van der Waals surface area (Å²) in [4.78, 5) is 13.2. The Bertz CT molecular complexity index is 397. The minimum absolute atomic E-state index is 0.350. The number of ether oxygens (including phenoxy) is 1. The molecule has 0 aromatic heterocycles. The Morgan fingerprint density at radius 2 is 2.06 bits per heavy atom. The average Bonchev–Trinajstić information content (AvgIpc) is 2.81. The molecule has 4 heteroatoms. The zero-order valence-corrected chi connectivity index (χ0v) is 9.27. The molecule has 0 bridgehead atoms. The predicted octanol–water partition coefficient (Wildman–Crippen LogP) is 1.99. The van der Waals surface area contributed by atoms with Crippen molar-refractivity contribution in [2.24, 2.45) is 0 Å². The molecule has 0 atom stereocenters. The van der Waals surface area contributed by atoms with E-state index in [0.717, 1.165) is 31.6 Å². The van der Waals surface area contributed by atoms with Gasteiger partial charge in [0, 0.05) is 19.2 Å². The second-order valence-corrected chi connectivity index (χ2v) is 3.88. The summed E-state index contributed by atoms with van der Waals surface area (Å²) in [6.07, 6.45) is 2.24. The fourth-order valence-electron chi connectivity index (χ4n) is 2.04. The van der Waals surface area contributed by atoms with E-state index in [1.807, 2.05) is 0 Å². The first-order valence-corrected chi connectivity index (χ1v) is 5.38. The summed E-state index contributed by atoms with van der Waals surface area (Å²) in [7, 11) is 1.59. The number of aromatic carboxylic acids is 1. The number of anilines is 1. The zero-order valence-electron chi connectivity index (χ0n) is 9.27. The number of carboxylic acid groups (broad SMARTS) is 1. The number of carbonyl (C=O) groups is 1. The molecule has 1 aromatic rings. The molecule has 1 fully saturated rings. The number of methoxy groups -OCH3 is 1. The molecule has 1 aromatic carbocycles. The molecule has 1 aliphatic heterocycles. The number of rotatable bonds is 3. The summed E-state index contributed by atoms with van der Waals surface area (Å²) < 4.78 is 5.13. The molecule has 0 amide bonds. The Labute approximate surface area is 94.4 Å². The number of nitrogens with zero attached hydrogens (tertiary/aromatic N) is 1. The van der Waals surface area contributed by atoms with Crippen LogP contribution in [0.4, 0.5) is 5.69 Å². The van der Waals surface area contributed by atoms with Crippen LogP contribution in [-0.2, 0) is 0 Å². The predicted molar refractivity (Wildman–Crippen MR) is 61.4 cm³/mol. The van der Waals surface area contributed by atoms with Crippen molar-refractivity contribution < 1.29 is 14.6 Å². The lowest BCUT2D eigenvalue weighted by Gasteiger charge is -2.20. The van der Waals surface area contributed by atoms with Gasteiger partial charge in [-0.2, -0.15) is 0 Å². The van der Waals surface area contributed by atoms with E-state index in [2.05, 4.69) is 4.90 Å². The quantitative estimate of drug-likeness (QED) is 0.848. The molecule has 0 saturated carbocycles. The van der Waals surface area contributed by atoms with Crippen molar-refractivity contribution in [2.45, 2.75) is 12.8 Å². The van der Waals surface area contributed by atoms with Crippen molar-refractivity contribution in [3.05, 3.63) is 23.8 Å². The lowest BCUT2D eigenvalue weighted by molar-refractivity contribution is 0.0697. The second-order valence-electron chi connectivity index (χ2n) is 3.88. The molecule has 0 radical (unpaired) electrons. The molecule has 0 aliphatic carbocycles. The highest BCUT2D eigenvalue weighted by molar-refractivity contribution is 5.95. The van der Waals surface area contributed by atoms with E-state index < -0.39 is 5.97 Å². The molecule has 1 N–H and O–H groups in total. The molecule has 16 heavy (non-hydrogen) atoms. The fraction of sp³-hybridized carbons (Fsp3) is 0.417. The maximum Gasteiger partial charge on any atom is 0.337 e. The van der Waals surface area contributed by atoms with E-state index in [0.29, 0.717) is 11.3 Å². The van der Waals surface area contributed by atoms with Crippen LogP contribution in [0.2, 0.25) is 0 Å². The van der Waals surface area contributed by atoms with E-state index in [9.17, 15) is 4.79 Å². The van der Waals surface area contributed by atoms with Gasteiger partial charge in [0.15, 0.2) is 0 Å². The molecule has 2 rings (SSSR count). The summed E-state index contributed by atoms with van der Waals surface area (Å²) in [5.74, 6) is -0.184. The molecule has 86 valence electrons. The lowest BCUT2D eigenvalue weighted by atomic mass is 10.1. The van der Waals surface area contributed by atoms with Crippen molar-refractivity contribution in [3.8, 4) is 5.75 Å². The third-order valence-corrected chi connectivity index (χ3v) is 2.88. The summed E-state index contributed by atoms with van der Waals surface area (Å²) >= 11 is 0.